The Balaban J connectivity index is 1.81. The number of hydrogen-bond acceptors (Lipinski definition) is 4. The van der Waals surface area contributed by atoms with Crippen molar-refractivity contribution in [2.24, 2.45) is 16.8 Å². The van der Waals surface area contributed by atoms with Crippen molar-refractivity contribution in [2.45, 2.75) is 78.4 Å². The summed E-state index contributed by atoms with van der Waals surface area (Å²) in [6.07, 6.45) is 5.10. The van der Waals surface area contributed by atoms with Crippen molar-refractivity contribution >= 4 is 18.0 Å². The van der Waals surface area contributed by atoms with Crippen LogP contribution < -0.4 is 10.6 Å². The van der Waals surface area contributed by atoms with Crippen LogP contribution >= 0.6 is 0 Å². The van der Waals surface area contributed by atoms with Crippen LogP contribution in [0.1, 0.15) is 66.7 Å². The van der Waals surface area contributed by atoms with Gasteiger partial charge in [-0.3, -0.25) is 9.79 Å². The van der Waals surface area contributed by atoms with Crippen LogP contribution in [0.15, 0.2) is 4.99 Å². The first kappa shape index (κ1) is 25.3. The summed E-state index contributed by atoms with van der Waals surface area (Å²) in [5.41, 5.74) is -0.497. The highest BCUT2D eigenvalue weighted by atomic mass is 16.6. The quantitative estimate of drug-likeness (QED) is 0.472. The molecule has 2 amide bonds. The molecular weight excluding hydrogens is 394 g/mol. The average molecular weight is 438 g/mol. The van der Waals surface area contributed by atoms with E-state index in [1.54, 1.807) is 11.9 Å². The van der Waals surface area contributed by atoms with E-state index in [9.17, 15) is 9.59 Å². The minimum atomic E-state index is -0.497. The highest BCUT2D eigenvalue weighted by molar-refractivity contribution is 5.81. The van der Waals surface area contributed by atoms with Crippen molar-refractivity contribution < 1.29 is 14.3 Å². The van der Waals surface area contributed by atoms with Gasteiger partial charge in [0.2, 0.25) is 5.91 Å². The SMILES string of the molecule is CCNC(=NCC(C)CN(C)C(=O)OC(C)(C)C)NC1CCN(C(=O)C2CCCC2)C1. The molecule has 0 aromatic heterocycles. The summed E-state index contributed by atoms with van der Waals surface area (Å²) < 4.78 is 5.41. The van der Waals surface area contributed by atoms with Gasteiger partial charge < -0.3 is 25.2 Å². The predicted octanol–water partition coefficient (Wildman–Crippen LogP) is 2.84. The van der Waals surface area contributed by atoms with Crippen LogP contribution in [0.4, 0.5) is 4.79 Å². The number of guanidine groups is 1. The van der Waals surface area contributed by atoms with Crippen molar-refractivity contribution in [3.63, 3.8) is 0 Å². The Hall–Kier alpha value is -1.99. The van der Waals surface area contributed by atoms with Gasteiger partial charge in [0.15, 0.2) is 5.96 Å². The Morgan fingerprint density at radius 3 is 2.52 bits per heavy atom. The van der Waals surface area contributed by atoms with Gasteiger partial charge in [0.05, 0.1) is 0 Å². The molecule has 2 aliphatic rings. The van der Waals surface area contributed by atoms with E-state index in [2.05, 4.69) is 17.6 Å². The molecule has 2 rings (SSSR count). The van der Waals surface area contributed by atoms with Crippen molar-refractivity contribution in [1.29, 1.82) is 0 Å². The van der Waals surface area contributed by atoms with E-state index >= 15 is 0 Å². The number of nitrogens with zero attached hydrogens (tertiary/aromatic N) is 3. The van der Waals surface area contributed by atoms with E-state index in [1.807, 2.05) is 32.6 Å². The zero-order chi connectivity index (χ0) is 23.0. The summed E-state index contributed by atoms with van der Waals surface area (Å²) in [6, 6.07) is 0.225. The number of carbonyl (C=O) groups excluding carboxylic acids is 2. The van der Waals surface area contributed by atoms with E-state index in [0.29, 0.717) is 19.0 Å². The largest absolute Gasteiger partial charge is 0.444 e. The summed E-state index contributed by atoms with van der Waals surface area (Å²) in [6.45, 7) is 13.2. The van der Waals surface area contributed by atoms with E-state index in [1.165, 1.54) is 12.8 Å². The van der Waals surface area contributed by atoms with Crippen LogP contribution in [0.2, 0.25) is 0 Å². The molecule has 0 spiro atoms. The fourth-order valence-corrected chi connectivity index (χ4v) is 4.21. The van der Waals surface area contributed by atoms with E-state index in [4.69, 9.17) is 9.73 Å². The Bertz CT molecular complexity index is 625. The van der Waals surface area contributed by atoms with Crippen LogP contribution in [-0.4, -0.2) is 79.2 Å². The lowest BCUT2D eigenvalue weighted by Gasteiger charge is -2.26. The topological polar surface area (TPSA) is 86.3 Å². The average Bonchev–Trinajstić information content (AvgIpc) is 3.36. The van der Waals surface area contributed by atoms with E-state index < -0.39 is 5.60 Å². The standard InChI is InChI=1S/C23H43N5O3/c1-7-24-21(25-14-17(2)15-27(6)22(30)31-23(3,4)5)26-19-12-13-28(16-19)20(29)18-10-8-9-11-18/h17-19H,7-16H2,1-6H3,(H2,24,25,26). The van der Waals surface area contributed by atoms with Gasteiger partial charge >= 0.3 is 6.09 Å². The molecule has 1 aliphatic heterocycles. The molecule has 8 heteroatoms. The Morgan fingerprint density at radius 2 is 1.90 bits per heavy atom. The molecule has 0 aromatic carbocycles. The van der Waals surface area contributed by atoms with Crippen molar-refractivity contribution in [3.05, 3.63) is 0 Å². The minimum absolute atomic E-state index is 0.192. The number of hydrogen-bond donors (Lipinski definition) is 2. The number of nitrogens with one attached hydrogen (secondary N) is 2. The first-order chi connectivity index (χ1) is 14.6. The van der Waals surface area contributed by atoms with Gasteiger partial charge in [-0.2, -0.15) is 0 Å². The zero-order valence-electron chi connectivity index (χ0n) is 20.4. The van der Waals surface area contributed by atoms with Crippen LogP contribution in [0.3, 0.4) is 0 Å². The first-order valence-electron chi connectivity index (χ1n) is 11.9. The lowest BCUT2D eigenvalue weighted by Crippen LogP contribution is -2.45. The number of likely N-dealkylation sites (tertiary alicyclic amines) is 1. The second kappa shape index (κ2) is 11.6. The lowest BCUT2D eigenvalue weighted by molar-refractivity contribution is -0.134. The number of carbonyl (C=O) groups is 2. The maximum atomic E-state index is 12.7. The van der Waals surface area contributed by atoms with E-state index in [-0.39, 0.29) is 24.0 Å². The normalized spacial score (nSPS) is 21.2. The number of aliphatic imine (C=N–C) groups is 1. The number of ether oxygens (including phenoxy) is 1. The summed E-state index contributed by atoms with van der Waals surface area (Å²) >= 11 is 0. The highest BCUT2D eigenvalue weighted by Crippen LogP contribution is 2.27. The van der Waals surface area contributed by atoms with Crippen molar-refractivity contribution in [1.82, 2.24) is 20.4 Å². The maximum absolute atomic E-state index is 12.7. The number of rotatable bonds is 7. The molecule has 1 saturated heterocycles. The molecule has 1 aliphatic carbocycles. The molecule has 0 radical (unpaired) electrons. The van der Waals surface area contributed by atoms with Gasteiger partial charge in [0.1, 0.15) is 5.60 Å². The second-order valence-electron chi connectivity index (χ2n) is 10.1. The smallest absolute Gasteiger partial charge is 0.410 e. The summed E-state index contributed by atoms with van der Waals surface area (Å²) in [4.78, 5) is 33.2. The second-order valence-corrected chi connectivity index (χ2v) is 10.1. The monoisotopic (exact) mass is 437 g/mol. The van der Waals surface area contributed by atoms with Crippen LogP contribution in [-0.2, 0) is 9.53 Å². The predicted molar refractivity (Wildman–Crippen MR) is 124 cm³/mol. The van der Waals surface area contributed by atoms with Gasteiger partial charge in [-0.25, -0.2) is 4.79 Å². The maximum Gasteiger partial charge on any atom is 0.410 e. The van der Waals surface area contributed by atoms with E-state index in [0.717, 1.165) is 44.9 Å². The molecule has 1 saturated carbocycles. The highest BCUT2D eigenvalue weighted by Gasteiger charge is 2.32. The lowest BCUT2D eigenvalue weighted by atomic mass is 10.1. The molecule has 2 unspecified atom stereocenters. The van der Waals surface area contributed by atoms with Crippen molar-refractivity contribution in [3.8, 4) is 0 Å². The molecule has 2 N–H and O–H groups in total. The van der Waals surface area contributed by atoms with Crippen LogP contribution in [0.5, 0.6) is 0 Å². The van der Waals surface area contributed by atoms with Gasteiger partial charge in [-0.15, -0.1) is 0 Å². The molecule has 178 valence electrons. The van der Waals surface area contributed by atoms with Crippen LogP contribution in [0, 0.1) is 11.8 Å². The molecule has 0 aromatic rings. The molecule has 2 fully saturated rings. The first-order valence-corrected chi connectivity index (χ1v) is 11.9. The van der Waals surface area contributed by atoms with Gasteiger partial charge in [0.25, 0.3) is 0 Å². The Labute approximate surface area is 188 Å². The minimum Gasteiger partial charge on any atom is -0.444 e. The fourth-order valence-electron chi connectivity index (χ4n) is 4.21. The molecule has 0 bridgehead atoms. The van der Waals surface area contributed by atoms with Crippen LogP contribution in [0.25, 0.3) is 0 Å². The molecular formula is C23H43N5O3. The summed E-state index contributed by atoms with van der Waals surface area (Å²) in [5.74, 6) is 1.54. The molecule has 31 heavy (non-hydrogen) atoms. The fraction of sp³-hybridized carbons (Fsp3) is 0.870. The summed E-state index contributed by atoms with van der Waals surface area (Å²) in [5, 5.41) is 6.80. The van der Waals surface area contributed by atoms with Gasteiger partial charge in [0, 0.05) is 51.7 Å². The Kier molecular flexibility index (Phi) is 9.44. The third-order valence-corrected chi connectivity index (χ3v) is 5.74. The zero-order valence-corrected chi connectivity index (χ0v) is 20.4. The van der Waals surface area contributed by atoms with Gasteiger partial charge in [-0.05, 0) is 52.9 Å². The Morgan fingerprint density at radius 1 is 1.23 bits per heavy atom. The number of amides is 2. The van der Waals surface area contributed by atoms with Gasteiger partial charge in [-0.1, -0.05) is 19.8 Å². The molecule has 8 nitrogen and oxygen atoms in total. The molecule has 1 heterocycles. The third kappa shape index (κ3) is 8.57. The third-order valence-electron chi connectivity index (χ3n) is 5.74. The summed E-state index contributed by atoms with van der Waals surface area (Å²) in [7, 11) is 1.76. The van der Waals surface area contributed by atoms with Crippen molar-refractivity contribution in [2.75, 3.05) is 39.8 Å². The molecule has 2 atom stereocenters.